The van der Waals surface area contributed by atoms with E-state index in [2.05, 4.69) is 16.0 Å². The lowest BCUT2D eigenvalue weighted by Crippen LogP contribution is -2.48. The minimum Gasteiger partial charge on any atom is -0.467 e. The quantitative estimate of drug-likeness (QED) is 0.729. The molecule has 1 aromatic heterocycles. The lowest BCUT2D eigenvalue weighted by molar-refractivity contribution is -0.122. The van der Waals surface area contributed by atoms with Gasteiger partial charge >= 0.3 is 6.03 Å². The minimum atomic E-state index is -0.623. The highest BCUT2D eigenvalue weighted by Gasteiger charge is 2.15. The first-order valence-electron chi connectivity index (χ1n) is 7.53. The van der Waals surface area contributed by atoms with E-state index in [1.807, 2.05) is 30.3 Å². The zero-order valence-corrected chi connectivity index (χ0v) is 13.0. The molecule has 0 saturated carbocycles. The Balaban J connectivity index is 1.64. The van der Waals surface area contributed by atoms with Crippen LogP contribution in [0.3, 0.4) is 0 Å². The molecule has 0 radical (unpaired) electrons. The second kappa shape index (κ2) is 8.63. The van der Waals surface area contributed by atoms with Gasteiger partial charge in [0.25, 0.3) is 0 Å². The van der Waals surface area contributed by atoms with E-state index >= 15 is 0 Å². The van der Waals surface area contributed by atoms with Gasteiger partial charge in [-0.25, -0.2) is 4.79 Å². The van der Waals surface area contributed by atoms with Crippen LogP contribution in [0.4, 0.5) is 4.79 Å². The summed E-state index contributed by atoms with van der Waals surface area (Å²) in [5.74, 6) is 0.400. The number of amides is 3. The summed E-state index contributed by atoms with van der Waals surface area (Å²) in [7, 11) is 0. The first-order chi connectivity index (χ1) is 11.1. The Bertz CT molecular complexity index is 611. The van der Waals surface area contributed by atoms with Gasteiger partial charge in [-0.1, -0.05) is 30.3 Å². The molecule has 6 heteroatoms. The maximum Gasteiger partial charge on any atom is 0.315 e. The molecular weight excluding hydrogens is 294 g/mol. The number of carbonyl (C=O) groups excluding carboxylic acids is 2. The van der Waals surface area contributed by atoms with Crippen LogP contribution in [0.15, 0.2) is 53.1 Å². The van der Waals surface area contributed by atoms with Crippen LogP contribution in [-0.4, -0.2) is 24.5 Å². The number of hydrogen-bond acceptors (Lipinski definition) is 3. The van der Waals surface area contributed by atoms with Gasteiger partial charge in [0.2, 0.25) is 5.91 Å². The molecule has 1 atom stereocenters. The molecule has 0 bridgehead atoms. The number of furan rings is 1. The summed E-state index contributed by atoms with van der Waals surface area (Å²) in [6, 6.07) is 12.4. The fourth-order valence-electron chi connectivity index (χ4n) is 2.02. The highest BCUT2D eigenvalue weighted by molar-refractivity contribution is 5.86. The number of urea groups is 1. The van der Waals surface area contributed by atoms with Gasteiger partial charge in [0.1, 0.15) is 11.8 Å². The fraction of sp³-hybridized carbons (Fsp3) is 0.294. The summed E-state index contributed by atoms with van der Waals surface area (Å²) in [6.45, 7) is 2.44. The van der Waals surface area contributed by atoms with Gasteiger partial charge in [-0.15, -0.1) is 0 Å². The first kappa shape index (κ1) is 16.6. The number of hydrogen-bond donors (Lipinski definition) is 3. The van der Waals surface area contributed by atoms with Crippen molar-refractivity contribution in [3.05, 3.63) is 60.1 Å². The zero-order valence-electron chi connectivity index (χ0n) is 13.0. The van der Waals surface area contributed by atoms with Crippen LogP contribution in [0.5, 0.6) is 0 Å². The van der Waals surface area contributed by atoms with E-state index in [0.717, 1.165) is 12.0 Å². The molecular formula is C17H21N3O3. The normalized spacial score (nSPS) is 11.5. The van der Waals surface area contributed by atoms with Gasteiger partial charge in [0.05, 0.1) is 12.8 Å². The van der Waals surface area contributed by atoms with Crippen LogP contribution in [0, 0.1) is 0 Å². The van der Waals surface area contributed by atoms with E-state index in [0.29, 0.717) is 18.8 Å². The molecule has 3 amide bonds. The standard InChI is InChI=1S/C17H21N3O3/c1-13(16(21)19-12-15-8-5-11-23-15)20-17(22)18-10-9-14-6-3-2-4-7-14/h2-8,11,13H,9-10,12H2,1H3,(H,19,21)(H2,18,20,22)/t13-/m1/s1. The lowest BCUT2D eigenvalue weighted by Gasteiger charge is -2.14. The molecule has 3 N–H and O–H groups in total. The van der Waals surface area contributed by atoms with Crippen molar-refractivity contribution in [3.63, 3.8) is 0 Å². The summed E-state index contributed by atoms with van der Waals surface area (Å²) < 4.78 is 5.13. The number of benzene rings is 1. The largest absolute Gasteiger partial charge is 0.467 e. The Morgan fingerprint density at radius 1 is 1.09 bits per heavy atom. The van der Waals surface area contributed by atoms with Crippen molar-refractivity contribution in [1.29, 1.82) is 0 Å². The lowest BCUT2D eigenvalue weighted by atomic mass is 10.1. The van der Waals surface area contributed by atoms with Crippen LogP contribution in [0.25, 0.3) is 0 Å². The van der Waals surface area contributed by atoms with Gasteiger partial charge in [-0.05, 0) is 31.0 Å². The second-order valence-corrected chi connectivity index (χ2v) is 5.15. The topological polar surface area (TPSA) is 83.4 Å². The van der Waals surface area contributed by atoms with Crippen LogP contribution in [0.1, 0.15) is 18.2 Å². The third-order valence-electron chi connectivity index (χ3n) is 3.30. The summed E-state index contributed by atoms with van der Waals surface area (Å²) >= 11 is 0. The molecule has 2 aromatic rings. The smallest absolute Gasteiger partial charge is 0.315 e. The van der Waals surface area contributed by atoms with Gasteiger partial charge in [0.15, 0.2) is 0 Å². The SMILES string of the molecule is C[C@@H](NC(=O)NCCc1ccccc1)C(=O)NCc1ccco1. The van der Waals surface area contributed by atoms with Gasteiger partial charge < -0.3 is 20.4 Å². The highest BCUT2D eigenvalue weighted by atomic mass is 16.3. The maximum absolute atomic E-state index is 11.9. The predicted octanol–water partition coefficient (Wildman–Crippen LogP) is 1.83. The molecule has 0 fully saturated rings. The van der Waals surface area contributed by atoms with Crippen LogP contribution in [-0.2, 0) is 17.8 Å². The highest BCUT2D eigenvalue weighted by Crippen LogP contribution is 1.99. The molecule has 6 nitrogen and oxygen atoms in total. The van der Waals surface area contributed by atoms with E-state index in [9.17, 15) is 9.59 Å². The van der Waals surface area contributed by atoms with E-state index in [-0.39, 0.29) is 11.9 Å². The van der Waals surface area contributed by atoms with Gasteiger partial charge in [0, 0.05) is 6.54 Å². The van der Waals surface area contributed by atoms with Crippen LogP contribution in [0.2, 0.25) is 0 Å². The Labute approximate surface area is 135 Å². The molecule has 0 aliphatic heterocycles. The van der Waals surface area contributed by atoms with Crippen molar-refractivity contribution in [2.45, 2.75) is 25.9 Å². The monoisotopic (exact) mass is 315 g/mol. The Kier molecular flexibility index (Phi) is 6.23. The Hall–Kier alpha value is -2.76. The molecule has 0 aliphatic rings. The molecule has 1 heterocycles. The fourth-order valence-corrected chi connectivity index (χ4v) is 2.02. The summed E-state index contributed by atoms with van der Waals surface area (Å²) in [4.78, 5) is 23.6. The minimum absolute atomic E-state index is 0.264. The number of nitrogens with one attached hydrogen (secondary N) is 3. The van der Waals surface area contributed by atoms with E-state index in [1.165, 1.54) is 0 Å². The molecule has 0 aliphatic carbocycles. The molecule has 0 spiro atoms. The van der Waals surface area contributed by atoms with Gasteiger partial charge in [-0.3, -0.25) is 4.79 Å². The maximum atomic E-state index is 11.9. The molecule has 122 valence electrons. The molecule has 0 saturated heterocycles. The average molecular weight is 315 g/mol. The van der Waals surface area contributed by atoms with E-state index < -0.39 is 6.04 Å². The van der Waals surface area contributed by atoms with Crippen molar-refractivity contribution in [2.75, 3.05) is 6.54 Å². The molecule has 0 unspecified atom stereocenters. The van der Waals surface area contributed by atoms with Crippen LogP contribution < -0.4 is 16.0 Å². The third-order valence-corrected chi connectivity index (χ3v) is 3.30. The van der Waals surface area contributed by atoms with Gasteiger partial charge in [-0.2, -0.15) is 0 Å². The molecule has 2 rings (SSSR count). The van der Waals surface area contributed by atoms with Crippen molar-refractivity contribution in [1.82, 2.24) is 16.0 Å². The van der Waals surface area contributed by atoms with E-state index in [4.69, 9.17) is 4.42 Å². The number of rotatable bonds is 7. The molecule has 23 heavy (non-hydrogen) atoms. The van der Waals surface area contributed by atoms with Crippen molar-refractivity contribution >= 4 is 11.9 Å². The molecule has 1 aromatic carbocycles. The third kappa shape index (κ3) is 5.86. The Morgan fingerprint density at radius 2 is 1.87 bits per heavy atom. The number of carbonyl (C=O) groups is 2. The average Bonchev–Trinajstić information content (AvgIpc) is 3.07. The van der Waals surface area contributed by atoms with Crippen molar-refractivity contribution in [2.24, 2.45) is 0 Å². The summed E-state index contributed by atoms with van der Waals surface area (Å²) in [6.07, 6.45) is 2.29. The van der Waals surface area contributed by atoms with E-state index in [1.54, 1.807) is 25.3 Å². The Morgan fingerprint density at radius 3 is 2.57 bits per heavy atom. The summed E-state index contributed by atoms with van der Waals surface area (Å²) in [5.41, 5.74) is 1.15. The summed E-state index contributed by atoms with van der Waals surface area (Å²) in [5, 5.41) is 8.04. The predicted molar refractivity (Wildman–Crippen MR) is 86.7 cm³/mol. The first-order valence-corrected chi connectivity index (χ1v) is 7.53. The van der Waals surface area contributed by atoms with Crippen molar-refractivity contribution < 1.29 is 14.0 Å². The van der Waals surface area contributed by atoms with Crippen LogP contribution >= 0.6 is 0 Å². The second-order valence-electron chi connectivity index (χ2n) is 5.15. The van der Waals surface area contributed by atoms with Crippen molar-refractivity contribution in [3.8, 4) is 0 Å². The zero-order chi connectivity index (χ0) is 16.5.